The summed E-state index contributed by atoms with van der Waals surface area (Å²) >= 11 is -2.11. The third kappa shape index (κ3) is 3.51. The van der Waals surface area contributed by atoms with Gasteiger partial charge in [-0.3, -0.25) is 13.9 Å². The standard InChI is InChI=1S/C7H14N2O3S/c1-7(10)6-8-2-4-9(5-3-8)13(11)12/h2-6H2,1H3,(H,11,12)/p-1. The summed E-state index contributed by atoms with van der Waals surface area (Å²) < 4.78 is 22.4. The molecule has 6 heteroatoms. The zero-order valence-corrected chi connectivity index (χ0v) is 8.38. The lowest BCUT2D eigenvalue weighted by molar-refractivity contribution is -0.118. The molecule has 76 valence electrons. The molecule has 0 aromatic carbocycles. The Morgan fingerprint density at radius 3 is 2.31 bits per heavy atom. The predicted molar refractivity (Wildman–Crippen MR) is 47.6 cm³/mol. The highest BCUT2D eigenvalue weighted by atomic mass is 32.2. The minimum absolute atomic E-state index is 0.122. The molecule has 0 aromatic rings. The first-order chi connectivity index (χ1) is 6.09. The Bertz CT molecular complexity index is 214. The van der Waals surface area contributed by atoms with E-state index in [2.05, 4.69) is 0 Å². The van der Waals surface area contributed by atoms with Gasteiger partial charge in [-0.1, -0.05) is 0 Å². The van der Waals surface area contributed by atoms with E-state index in [1.54, 1.807) is 0 Å². The molecule has 1 saturated heterocycles. The zero-order chi connectivity index (χ0) is 9.84. The van der Waals surface area contributed by atoms with Gasteiger partial charge in [0.15, 0.2) is 0 Å². The fourth-order valence-electron chi connectivity index (χ4n) is 1.35. The van der Waals surface area contributed by atoms with Crippen LogP contribution in [0.15, 0.2) is 0 Å². The molecule has 5 nitrogen and oxygen atoms in total. The first kappa shape index (κ1) is 10.8. The number of carbonyl (C=O) groups is 1. The highest BCUT2D eigenvalue weighted by Crippen LogP contribution is 2.02. The summed E-state index contributed by atoms with van der Waals surface area (Å²) in [5.41, 5.74) is 0. The molecule has 0 aromatic heterocycles. The van der Waals surface area contributed by atoms with Crippen molar-refractivity contribution < 1.29 is 13.6 Å². The van der Waals surface area contributed by atoms with Crippen molar-refractivity contribution in [3.8, 4) is 0 Å². The molecule has 0 saturated carbocycles. The van der Waals surface area contributed by atoms with Crippen LogP contribution in [0, 0.1) is 0 Å². The lowest BCUT2D eigenvalue weighted by atomic mass is 10.3. The fourth-order valence-corrected chi connectivity index (χ4v) is 1.81. The second-order valence-corrected chi connectivity index (χ2v) is 4.07. The topological polar surface area (TPSA) is 63.7 Å². The maximum atomic E-state index is 10.8. The molecule has 1 rings (SSSR count). The van der Waals surface area contributed by atoms with E-state index in [0.29, 0.717) is 32.7 Å². The monoisotopic (exact) mass is 205 g/mol. The Hall–Kier alpha value is -0.300. The number of ketones is 1. The molecule has 1 fully saturated rings. The smallest absolute Gasteiger partial charge is 0.143 e. The largest absolute Gasteiger partial charge is 0.760 e. The zero-order valence-electron chi connectivity index (χ0n) is 7.56. The predicted octanol–water partition coefficient (Wildman–Crippen LogP) is -1.01. The molecule has 0 radical (unpaired) electrons. The number of hydrogen-bond donors (Lipinski definition) is 0. The van der Waals surface area contributed by atoms with Crippen molar-refractivity contribution in [2.45, 2.75) is 6.92 Å². The third-order valence-corrected chi connectivity index (χ3v) is 2.78. The van der Waals surface area contributed by atoms with Crippen molar-refractivity contribution >= 4 is 17.0 Å². The minimum Gasteiger partial charge on any atom is -0.760 e. The van der Waals surface area contributed by atoms with Crippen molar-refractivity contribution in [2.75, 3.05) is 32.7 Å². The lowest BCUT2D eigenvalue weighted by Crippen LogP contribution is -2.47. The van der Waals surface area contributed by atoms with Crippen LogP contribution >= 0.6 is 0 Å². The normalized spacial score (nSPS) is 22.9. The quantitative estimate of drug-likeness (QED) is 0.554. The van der Waals surface area contributed by atoms with Gasteiger partial charge in [-0.25, -0.2) is 4.31 Å². The molecule has 0 N–H and O–H groups in total. The molecule has 1 atom stereocenters. The third-order valence-electron chi connectivity index (χ3n) is 1.99. The van der Waals surface area contributed by atoms with E-state index < -0.39 is 11.3 Å². The Morgan fingerprint density at radius 2 is 1.92 bits per heavy atom. The molecule has 13 heavy (non-hydrogen) atoms. The molecule has 1 aliphatic rings. The molecule has 0 amide bonds. The fraction of sp³-hybridized carbons (Fsp3) is 0.857. The van der Waals surface area contributed by atoms with Crippen molar-refractivity contribution in [1.82, 2.24) is 9.21 Å². The van der Waals surface area contributed by atoms with E-state index in [-0.39, 0.29) is 5.78 Å². The summed E-state index contributed by atoms with van der Waals surface area (Å²) in [6, 6.07) is 0. The van der Waals surface area contributed by atoms with Crippen LogP contribution in [0.1, 0.15) is 6.92 Å². The maximum Gasteiger partial charge on any atom is 0.143 e. The van der Waals surface area contributed by atoms with Crippen molar-refractivity contribution in [3.05, 3.63) is 0 Å². The van der Waals surface area contributed by atoms with E-state index in [1.807, 2.05) is 4.90 Å². The highest BCUT2D eigenvalue weighted by molar-refractivity contribution is 7.76. The van der Waals surface area contributed by atoms with E-state index in [0.717, 1.165) is 0 Å². The summed E-state index contributed by atoms with van der Waals surface area (Å²) in [6.45, 7) is 4.24. The number of Topliss-reactive ketones (excluding diaryl/α,β-unsaturated/α-hetero) is 1. The van der Waals surface area contributed by atoms with E-state index >= 15 is 0 Å². The SMILES string of the molecule is CC(=O)CN1CCN(S(=O)[O-])CC1. The van der Waals surface area contributed by atoms with Crippen molar-refractivity contribution in [1.29, 1.82) is 0 Å². The lowest BCUT2D eigenvalue weighted by Gasteiger charge is -2.34. The molecular weight excluding hydrogens is 192 g/mol. The summed E-state index contributed by atoms with van der Waals surface area (Å²) in [7, 11) is 0. The van der Waals surface area contributed by atoms with Gasteiger partial charge in [0, 0.05) is 37.4 Å². The van der Waals surface area contributed by atoms with Gasteiger partial charge in [-0.05, 0) is 6.92 Å². The summed E-state index contributed by atoms with van der Waals surface area (Å²) in [6.07, 6.45) is 0. The average Bonchev–Trinajstić information content (AvgIpc) is 2.04. The van der Waals surface area contributed by atoms with Crippen molar-refractivity contribution in [2.24, 2.45) is 0 Å². The van der Waals surface area contributed by atoms with Gasteiger partial charge >= 0.3 is 0 Å². The van der Waals surface area contributed by atoms with Crippen LogP contribution in [0.3, 0.4) is 0 Å². The van der Waals surface area contributed by atoms with Crippen LogP contribution in [0.2, 0.25) is 0 Å². The van der Waals surface area contributed by atoms with E-state index in [4.69, 9.17) is 0 Å². The van der Waals surface area contributed by atoms with Crippen LogP contribution in [0.25, 0.3) is 0 Å². The number of hydrogen-bond acceptors (Lipinski definition) is 4. The number of carbonyl (C=O) groups excluding carboxylic acids is 1. The van der Waals surface area contributed by atoms with E-state index in [1.165, 1.54) is 11.2 Å². The Morgan fingerprint density at radius 1 is 1.38 bits per heavy atom. The molecule has 1 heterocycles. The number of rotatable bonds is 3. The van der Waals surface area contributed by atoms with Crippen LogP contribution in [-0.2, 0) is 16.1 Å². The van der Waals surface area contributed by atoms with Gasteiger partial charge in [0.2, 0.25) is 0 Å². The van der Waals surface area contributed by atoms with Crippen LogP contribution in [-0.4, -0.2) is 56.5 Å². The number of piperazine rings is 1. The average molecular weight is 205 g/mol. The summed E-state index contributed by atoms with van der Waals surface area (Å²) in [4.78, 5) is 12.7. The van der Waals surface area contributed by atoms with Crippen LogP contribution in [0.5, 0.6) is 0 Å². The second-order valence-electron chi connectivity index (χ2n) is 3.12. The Labute approximate surface area is 80.1 Å². The molecule has 1 aliphatic heterocycles. The Kier molecular flexibility index (Phi) is 3.98. The molecule has 0 aliphatic carbocycles. The van der Waals surface area contributed by atoms with Gasteiger partial charge in [0.05, 0.1) is 6.54 Å². The van der Waals surface area contributed by atoms with Gasteiger partial charge in [-0.15, -0.1) is 0 Å². The van der Waals surface area contributed by atoms with Crippen molar-refractivity contribution in [3.63, 3.8) is 0 Å². The highest BCUT2D eigenvalue weighted by Gasteiger charge is 2.17. The molecular formula is C7H13N2O3S-. The maximum absolute atomic E-state index is 10.8. The van der Waals surface area contributed by atoms with Gasteiger partial charge < -0.3 is 4.55 Å². The minimum atomic E-state index is -2.11. The van der Waals surface area contributed by atoms with Gasteiger partial charge in [0.1, 0.15) is 5.78 Å². The van der Waals surface area contributed by atoms with Crippen LogP contribution < -0.4 is 0 Å². The molecule has 1 unspecified atom stereocenters. The summed E-state index contributed by atoms with van der Waals surface area (Å²) in [5.74, 6) is 0.122. The van der Waals surface area contributed by atoms with Crippen LogP contribution in [0.4, 0.5) is 0 Å². The summed E-state index contributed by atoms with van der Waals surface area (Å²) in [5, 5.41) is 0. The van der Waals surface area contributed by atoms with Gasteiger partial charge in [-0.2, -0.15) is 0 Å². The molecule has 0 spiro atoms. The second kappa shape index (κ2) is 4.80. The first-order valence-electron chi connectivity index (χ1n) is 4.15. The van der Waals surface area contributed by atoms with Gasteiger partial charge in [0.25, 0.3) is 0 Å². The first-order valence-corrected chi connectivity index (χ1v) is 5.19. The number of nitrogens with zero attached hydrogens (tertiary/aromatic N) is 2. The van der Waals surface area contributed by atoms with E-state index in [9.17, 15) is 13.6 Å². The Balaban J connectivity index is 2.30. The molecule has 0 bridgehead atoms.